The number of amidine groups is 1. The summed E-state index contributed by atoms with van der Waals surface area (Å²) < 4.78 is 1.32. The molecule has 3 aromatic carbocycles. The Kier molecular flexibility index (Phi) is 8.78. The Bertz CT molecular complexity index is 1490. The number of aromatic nitrogens is 2. The van der Waals surface area contributed by atoms with Crippen molar-refractivity contribution in [1.82, 2.24) is 14.9 Å². The van der Waals surface area contributed by atoms with E-state index in [1.54, 1.807) is 48.5 Å². The lowest BCUT2D eigenvalue weighted by Crippen LogP contribution is -2.34. The number of rotatable bonds is 10. The van der Waals surface area contributed by atoms with Gasteiger partial charge in [-0.05, 0) is 29.7 Å². The van der Waals surface area contributed by atoms with Crippen molar-refractivity contribution in [3.63, 3.8) is 0 Å². The average molecular weight is 549 g/mol. The van der Waals surface area contributed by atoms with Gasteiger partial charge in [0.2, 0.25) is 5.91 Å². The predicted molar refractivity (Wildman–Crippen MR) is 152 cm³/mol. The van der Waals surface area contributed by atoms with E-state index in [0.29, 0.717) is 34.8 Å². The molecular formula is C28H26Cl2N6O2. The molecule has 38 heavy (non-hydrogen) atoms. The molecule has 194 valence electrons. The van der Waals surface area contributed by atoms with Gasteiger partial charge < -0.3 is 16.4 Å². The van der Waals surface area contributed by atoms with E-state index in [9.17, 15) is 9.59 Å². The van der Waals surface area contributed by atoms with Crippen molar-refractivity contribution in [3.8, 4) is 11.3 Å². The van der Waals surface area contributed by atoms with Crippen LogP contribution in [0.3, 0.4) is 0 Å². The molecule has 0 atom stereocenters. The first kappa shape index (κ1) is 26.9. The van der Waals surface area contributed by atoms with Crippen molar-refractivity contribution >= 4 is 40.8 Å². The Morgan fingerprint density at radius 1 is 0.947 bits per heavy atom. The van der Waals surface area contributed by atoms with Crippen molar-refractivity contribution in [3.05, 3.63) is 116 Å². The minimum atomic E-state index is -0.464. The van der Waals surface area contributed by atoms with Crippen LogP contribution in [-0.2, 0) is 24.3 Å². The molecule has 0 saturated carbocycles. The number of carbonyl (C=O) groups is 1. The smallest absolute Gasteiger partial charge is 0.294 e. The molecule has 0 saturated heterocycles. The van der Waals surface area contributed by atoms with E-state index in [2.05, 4.69) is 15.6 Å². The minimum Gasteiger partial charge on any atom is -0.384 e. The number of hydrogen-bond acceptors (Lipinski definition) is 5. The molecule has 0 spiro atoms. The summed E-state index contributed by atoms with van der Waals surface area (Å²) in [5, 5.41) is 14.0. The van der Waals surface area contributed by atoms with Crippen LogP contribution in [0.1, 0.15) is 16.7 Å². The first-order valence-corrected chi connectivity index (χ1v) is 12.6. The molecule has 0 fully saturated rings. The topological polar surface area (TPSA) is 126 Å². The van der Waals surface area contributed by atoms with Crippen molar-refractivity contribution in [2.24, 2.45) is 5.73 Å². The van der Waals surface area contributed by atoms with Gasteiger partial charge >= 0.3 is 0 Å². The highest BCUT2D eigenvalue weighted by atomic mass is 35.5. The highest BCUT2D eigenvalue weighted by molar-refractivity contribution is 6.32. The summed E-state index contributed by atoms with van der Waals surface area (Å²) in [5.74, 6) is -0.343. The summed E-state index contributed by atoms with van der Waals surface area (Å²) in [6.07, 6.45) is 0.682. The second kappa shape index (κ2) is 12.4. The maximum Gasteiger partial charge on any atom is 0.294 e. The van der Waals surface area contributed by atoms with E-state index in [-0.39, 0.29) is 35.8 Å². The van der Waals surface area contributed by atoms with Crippen molar-refractivity contribution in [2.75, 3.05) is 11.9 Å². The Morgan fingerprint density at radius 2 is 1.63 bits per heavy atom. The molecular weight excluding hydrogens is 523 g/mol. The third-order valence-corrected chi connectivity index (χ3v) is 6.36. The van der Waals surface area contributed by atoms with Crippen molar-refractivity contribution in [1.29, 1.82) is 5.41 Å². The standard InChI is InChI=1S/C28H26Cl2N6O2/c29-22-12-10-20(11-13-22)24-25(30)35-27(33-15-14-18-4-2-1-3-5-18)28(38)36(24)17-23(37)34-16-19-6-8-21(9-7-19)26(31)32/h1-13H,14-17H2,(H3,31,32)(H,33,35)(H,34,37). The summed E-state index contributed by atoms with van der Waals surface area (Å²) in [4.78, 5) is 30.7. The molecule has 0 radical (unpaired) electrons. The fourth-order valence-corrected chi connectivity index (χ4v) is 4.28. The van der Waals surface area contributed by atoms with Gasteiger partial charge in [0.15, 0.2) is 11.0 Å². The lowest BCUT2D eigenvalue weighted by Gasteiger charge is -2.17. The molecule has 1 amide bonds. The molecule has 5 N–H and O–H groups in total. The number of halogens is 2. The number of amides is 1. The third-order valence-electron chi connectivity index (χ3n) is 5.85. The summed E-state index contributed by atoms with van der Waals surface area (Å²) in [5.41, 5.74) is 8.49. The molecule has 0 aliphatic heterocycles. The Hall–Kier alpha value is -4.14. The Balaban J connectivity index is 1.57. The number of anilines is 1. The first-order valence-electron chi connectivity index (χ1n) is 11.9. The number of nitrogens with two attached hydrogens (primary N) is 1. The van der Waals surface area contributed by atoms with Gasteiger partial charge in [0.1, 0.15) is 12.4 Å². The summed E-state index contributed by atoms with van der Waals surface area (Å²) in [6.45, 7) is 0.437. The second-order valence-electron chi connectivity index (χ2n) is 8.55. The van der Waals surface area contributed by atoms with Gasteiger partial charge in [-0.1, -0.05) is 89.9 Å². The molecule has 4 aromatic rings. The SMILES string of the molecule is N=C(N)c1ccc(CNC(=O)Cn2c(-c3ccc(Cl)cc3)c(Cl)nc(NCCc3ccccc3)c2=O)cc1. The van der Waals surface area contributed by atoms with Gasteiger partial charge in [-0.2, -0.15) is 0 Å². The van der Waals surface area contributed by atoms with Crippen LogP contribution in [0.4, 0.5) is 5.82 Å². The number of nitrogen functional groups attached to an aromatic ring is 1. The second-order valence-corrected chi connectivity index (χ2v) is 9.34. The van der Waals surface area contributed by atoms with E-state index in [0.717, 1.165) is 11.1 Å². The molecule has 0 aliphatic rings. The van der Waals surface area contributed by atoms with Crippen LogP contribution in [0.5, 0.6) is 0 Å². The van der Waals surface area contributed by atoms with Gasteiger partial charge in [0, 0.05) is 29.2 Å². The first-order chi connectivity index (χ1) is 18.3. The number of benzene rings is 3. The number of nitrogens with one attached hydrogen (secondary N) is 3. The average Bonchev–Trinajstić information content (AvgIpc) is 2.92. The minimum absolute atomic E-state index is 0.0302. The van der Waals surface area contributed by atoms with Crippen LogP contribution < -0.4 is 21.9 Å². The fraction of sp³-hybridized carbons (Fsp3) is 0.143. The van der Waals surface area contributed by atoms with Crippen LogP contribution in [0.25, 0.3) is 11.3 Å². The van der Waals surface area contributed by atoms with Crippen LogP contribution >= 0.6 is 23.2 Å². The van der Waals surface area contributed by atoms with Crippen LogP contribution in [0.15, 0.2) is 83.7 Å². The van der Waals surface area contributed by atoms with Crippen LogP contribution in [0.2, 0.25) is 10.2 Å². The van der Waals surface area contributed by atoms with E-state index < -0.39 is 5.56 Å². The highest BCUT2D eigenvalue weighted by Gasteiger charge is 2.19. The van der Waals surface area contributed by atoms with Gasteiger partial charge in [-0.3, -0.25) is 19.6 Å². The van der Waals surface area contributed by atoms with E-state index in [4.69, 9.17) is 34.3 Å². The molecule has 1 heterocycles. The summed E-state index contributed by atoms with van der Waals surface area (Å²) >= 11 is 12.6. The summed E-state index contributed by atoms with van der Waals surface area (Å²) in [7, 11) is 0. The van der Waals surface area contributed by atoms with Crippen molar-refractivity contribution < 1.29 is 4.79 Å². The maximum atomic E-state index is 13.5. The fourth-order valence-electron chi connectivity index (χ4n) is 3.86. The monoisotopic (exact) mass is 548 g/mol. The molecule has 4 rings (SSSR count). The molecule has 10 heteroatoms. The van der Waals surface area contributed by atoms with Gasteiger partial charge in [0.05, 0.1) is 5.69 Å². The number of hydrogen-bond donors (Lipinski definition) is 4. The zero-order valence-corrected chi connectivity index (χ0v) is 21.9. The van der Waals surface area contributed by atoms with Gasteiger partial charge in [-0.25, -0.2) is 4.98 Å². The van der Waals surface area contributed by atoms with Crippen LogP contribution in [0, 0.1) is 5.41 Å². The zero-order valence-electron chi connectivity index (χ0n) is 20.4. The lowest BCUT2D eigenvalue weighted by atomic mass is 10.1. The molecule has 1 aromatic heterocycles. The van der Waals surface area contributed by atoms with E-state index >= 15 is 0 Å². The lowest BCUT2D eigenvalue weighted by molar-refractivity contribution is -0.121. The van der Waals surface area contributed by atoms with E-state index in [1.807, 2.05) is 30.3 Å². The molecule has 0 bridgehead atoms. The molecule has 0 aliphatic carbocycles. The third kappa shape index (κ3) is 6.79. The predicted octanol–water partition coefficient (Wildman–Crippen LogP) is 4.47. The number of carbonyl (C=O) groups excluding carboxylic acids is 1. The largest absolute Gasteiger partial charge is 0.384 e. The number of nitrogens with zero attached hydrogens (tertiary/aromatic N) is 2. The van der Waals surface area contributed by atoms with Gasteiger partial charge in [-0.15, -0.1) is 0 Å². The maximum absolute atomic E-state index is 13.5. The Morgan fingerprint density at radius 3 is 2.29 bits per heavy atom. The Labute approximate surface area is 229 Å². The van der Waals surface area contributed by atoms with Crippen molar-refractivity contribution in [2.45, 2.75) is 19.5 Å². The normalized spacial score (nSPS) is 10.7. The summed E-state index contributed by atoms with van der Waals surface area (Å²) in [6, 6.07) is 23.6. The molecule has 0 unspecified atom stereocenters. The van der Waals surface area contributed by atoms with Gasteiger partial charge in [0.25, 0.3) is 5.56 Å². The highest BCUT2D eigenvalue weighted by Crippen LogP contribution is 2.27. The zero-order chi connectivity index (χ0) is 27.1. The van der Waals surface area contributed by atoms with Crippen LogP contribution in [-0.4, -0.2) is 27.8 Å². The van der Waals surface area contributed by atoms with E-state index in [1.165, 1.54) is 4.57 Å². The molecule has 8 nitrogen and oxygen atoms in total. The quantitative estimate of drug-likeness (QED) is 0.172.